The van der Waals surface area contributed by atoms with Crippen molar-refractivity contribution in [2.24, 2.45) is 0 Å². The molecule has 0 saturated carbocycles. The fourth-order valence-corrected chi connectivity index (χ4v) is 2.01. The minimum absolute atomic E-state index is 0.593. The summed E-state index contributed by atoms with van der Waals surface area (Å²) in [5.74, 6) is 0.823. The Kier molecular flexibility index (Phi) is 3.64. The lowest BCUT2D eigenvalue weighted by atomic mass is 10.00. The van der Waals surface area contributed by atoms with Gasteiger partial charge in [0.2, 0.25) is 0 Å². The first-order valence-corrected chi connectivity index (χ1v) is 6.02. The summed E-state index contributed by atoms with van der Waals surface area (Å²) >= 11 is 0. The van der Waals surface area contributed by atoms with E-state index in [0.29, 0.717) is 0 Å². The van der Waals surface area contributed by atoms with Crippen LogP contribution in [0.15, 0.2) is 41.0 Å². The van der Waals surface area contributed by atoms with Gasteiger partial charge in [-0.2, -0.15) is 0 Å². The molecule has 1 atom stereocenters. The zero-order valence-electron chi connectivity index (χ0n) is 10.3. The molecule has 2 heteroatoms. The molecule has 17 heavy (non-hydrogen) atoms. The number of aryl methyl sites for hydroxylation is 2. The van der Waals surface area contributed by atoms with Crippen molar-refractivity contribution in [3.8, 4) is 0 Å². The molecule has 0 saturated heterocycles. The summed E-state index contributed by atoms with van der Waals surface area (Å²) in [6.45, 7) is 4.03. The van der Waals surface area contributed by atoms with E-state index in [4.69, 9.17) is 4.42 Å². The molecule has 0 bridgehead atoms. The van der Waals surface area contributed by atoms with Crippen LogP contribution in [-0.2, 0) is 6.42 Å². The van der Waals surface area contributed by atoms with E-state index in [1.807, 2.05) is 25.1 Å². The van der Waals surface area contributed by atoms with E-state index in [1.165, 1.54) is 5.56 Å². The van der Waals surface area contributed by atoms with Gasteiger partial charge in [0.15, 0.2) is 0 Å². The normalized spacial score (nSPS) is 12.6. The lowest BCUT2D eigenvalue weighted by Gasteiger charge is -2.10. The van der Waals surface area contributed by atoms with E-state index in [-0.39, 0.29) is 0 Å². The Bertz CT molecular complexity index is 485. The van der Waals surface area contributed by atoms with E-state index in [1.54, 1.807) is 6.26 Å². The monoisotopic (exact) mass is 230 g/mol. The zero-order valence-corrected chi connectivity index (χ0v) is 10.3. The fourth-order valence-electron chi connectivity index (χ4n) is 2.01. The van der Waals surface area contributed by atoms with Gasteiger partial charge < -0.3 is 9.52 Å². The first kappa shape index (κ1) is 11.9. The smallest absolute Gasteiger partial charge is 0.107 e. The van der Waals surface area contributed by atoms with Crippen LogP contribution in [0.4, 0.5) is 0 Å². The van der Waals surface area contributed by atoms with E-state index in [9.17, 15) is 5.11 Å². The standard InChI is InChI=1S/C15H18O2/c1-3-5-12-6-4-7-13(9-12)15(16)14-8-11(2)17-10-14/h4,6-10,15-16H,3,5H2,1-2H3. The molecule has 0 aliphatic rings. The van der Waals surface area contributed by atoms with Crippen molar-refractivity contribution in [2.75, 3.05) is 0 Å². The van der Waals surface area contributed by atoms with Crippen LogP contribution in [0.1, 0.15) is 41.9 Å². The highest BCUT2D eigenvalue weighted by Crippen LogP contribution is 2.24. The highest BCUT2D eigenvalue weighted by molar-refractivity contribution is 5.32. The molecule has 0 amide bonds. The minimum Gasteiger partial charge on any atom is -0.469 e. The molecule has 0 aliphatic heterocycles. The number of hydrogen-bond donors (Lipinski definition) is 1. The Morgan fingerprint density at radius 1 is 1.24 bits per heavy atom. The summed E-state index contributed by atoms with van der Waals surface area (Å²) in [6, 6.07) is 9.98. The Labute approximate surface area is 102 Å². The topological polar surface area (TPSA) is 33.4 Å². The molecular weight excluding hydrogens is 212 g/mol. The third-order valence-electron chi connectivity index (χ3n) is 2.87. The summed E-state index contributed by atoms with van der Waals surface area (Å²) in [7, 11) is 0. The predicted molar refractivity (Wildman–Crippen MR) is 67.9 cm³/mol. The average Bonchev–Trinajstić information content (AvgIpc) is 2.76. The number of benzene rings is 1. The van der Waals surface area contributed by atoms with Gasteiger partial charge in [-0.1, -0.05) is 37.6 Å². The summed E-state index contributed by atoms with van der Waals surface area (Å²) in [5.41, 5.74) is 3.01. The second-order valence-corrected chi connectivity index (χ2v) is 4.39. The van der Waals surface area contributed by atoms with Crippen LogP contribution < -0.4 is 0 Å². The molecule has 0 aliphatic carbocycles. The van der Waals surface area contributed by atoms with Crippen LogP contribution in [0.5, 0.6) is 0 Å². The highest BCUT2D eigenvalue weighted by Gasteiger charge is 2.12. The SMILES string of the molecule is CCCc1cccc(C(O)c2coc(C)c2)c1. The summed E-state index contributed by atoms with van der Waals surface area (Å²) in [5, 5.41) is 10.2. The van der Waals surface area contributed by atoms with Crippen molar-refractivity contribution < 1.29 is 9.52 Å². The first-order chi connectivity index (χ1) is 8.20. The van der Waals surface area contributed by atoms with Crippen molar-refractivity contribution >= 4 is 0 Å². The van der Waals surface area contributed by atoms with Crippen molar-refractivity contribution in [3.05, 3.63) is 59.0 Å². The Morgan fingerprint density at radius 3 is 2.71 bits per heavy atom. The Morgan fingerprint density at radius 2 is 2.06 bits per heavy atom. The summed E-state index contributed by atoms with van der Waals surface area (Å²) < 4.78 is 5.22. The van der Waals surface area contributed by atoms with E-state index in [0.717, 1.165) is 29.7 Å². The largest absolute Gasteiger partial charge is 0.469 e. The van der Waals surface area contributed by atoms with Crippen LogP contribution >= 0.6 is 0 Å². The van der Waals surface area contributed by atoms with Gasteiger partial charge in [0.1, 0.15) is 11.9 Å². The molecule has 1 aromatic carbocycles. The molecule has 1 unspecified atom stereocenters. The van der Waals surface area contributed by atoms with Crippen LogP contribution in [0.25, 0.3) is 0 Å². The number of hydrogen-bond acceptors (Lipinski definition) is 2. The van der Waals surface area contributed by atoms with Crippen molar-refractivity contribution in [3.63, 3.8) is 0 Å². The van der Waals surface area contributed by atoms with Crippen molar-refractivity contribution in [1.82, 2.24) is 0 Å². The maximum atomic E-state index is 10.2. The van der Waals surface area contributed by atoms with Crippen LogP contribution in [-0.4, -0.2) is 5.11 Å². The van der Waals surface area contributed by atoms with Gasteiger partial charge in [0.25, 0.3) is 0 Å². The second kappa shape index (κ2) is 5.19. The van der Waals surface area contributed by atoms with Crippen molar-refractivity contribution in [2.45, 2.75) is 32.8 Å². The minimum atomic E-state index is -0.593. The number of aliphatic hydroxyl groups is 1. The molecule has 1 heterocycles. The van der Waals surface area contributed by atoms with Gasteiger partial charge in [-0.15, -0.1) is 0 Å². The third-order valence-corrected chi connectivity index (χ3v) is 2.87. The average molecular weight is 230 g/mol. The van der Waals surface area contributed by atoms with Gasteiger partial charge in [-0.05, 0) is 30.5 Å². The third kappa shape index (κ3) is 2.77. The molecule has 2 aromatic rings. The van der Waals surface area contributed by atoms with Gasteiger partial charge in [0.05, 0.1) is 6.26 Å². The quantitative estimate of drug-likeness (QED) is 0.870. The maximum Gasteiger partial charge on any atom is 0.107 e. The second-order valence-electron chi connectivity index (χ2n) is 4.39. The van der Waals surface area contributed by atoms with E-state index >= 15 is 0 Å². The highest BCUT2D eigenvalue weighted by atomic mass is 16.3. The van der Waals surface area contributed by atoms with Crippen LogP contribution in [0, 0.1) is 6.92 Å². The fraction of sp³-hybridized carbons (Fsp3) is 0.333. The van der Waals surface area contributed by atoms with Gasteiger partial charge in [0, 0.05) is 5.56 Å². The van der Waals surface area contributed by atoms with Gasteiger partial charge >= 0.3 is 0 Å². The number of rotatable bonds is 4. The van der Waals surface area contributed by atoms with E-state index < -0.39 is 6.10 Å². The predicted octanol–water partition coefficient (Wildman–Crippen LogP) is 3.62. The summed E-state index contributed by atoms with van der Waals surface area (Å²) in [6.07, 6.45) is 3.19. The van der Waals surface area contributed by atoms with Crippen molar-refractivity contribution in [1.29, 1.82) is 0 Å². The number of furan rings is 1. The molecule has 0 radical (unpaired) electrons. The zero-order chi connectivity index (χ0) is 12.3. The Balaban J connectivity index is 2.24. The molecule has 2 nitrogen and oxygen atoms in total. The molecular formula is C15H18O2. The summed E-state index contributed by atoms with van der Waals surface area (Å²) in [4.78, 5) is 0. The lowest BCUT2D eigenvalue weighted by molar-refractivity contribution is 0.219. The number of aliphatic hydroxyl groups excluding tert-OH is 1. The van der Waals surface area contributed by atoms with Gasteiger partial charge in [-0.25, -0.2) is 0 Å². The first-order valence-electron chi connectivity index (χ1n) is 6.02. The molecule has 2 rings (SSSR count). The molecule has 0 spiro atoms. The molecule has 1 N–H and O–H groups in total. The van der Waals surface area contributed by atoms with Gasteiger partial charge in [-0.3, -0.25) is 0 Å². The molecule has 90 valence electrons. The molecule has 0 fully saturated rings. The molecule has 1 aromatic heterocycles. The lowest BCUT2D eigenvalue weighted by Crippen LogP contribution is -1.99. The van der Waals surface area contributed by atoms with Crippen LogP contribution in [0.2, 0.25) is 0 Å². The van der Waals surface area contributed by atoms with E-state index in [2.05, 4.69) is 19.1 Å². The Hall–Kier alpha value is -1.54. The van der Waals surface area contributed by atoms with Crippen LogP contribution in [0.3, 0.4) is 0 Å². The maximum absolute atomic E-state index is 10.2.